The maximum atomic E-state index is 2.43. The summed E-state index contributed by atoms with van der Waals surface area (Å²) in [6.07, 6.45) is 21.5. The summed E-state index contributed by atoms with van der Waals surface area (Å²) in [6.45, 7) is 4.47. The highest BCUT2D eigenvalue weighted by molar-refractivity contribution is 5.93. The standard InChI is InChI=1S/C48H43N/c1-36(38-17-7-3-8-18-38)27-28-37(2)49(43-31-29-40(30-32-43)39-19-9-4-10-20-39)44-33-34-46(42-23-13-6-14-24-42)48(35-44)47-26-16-15-25-45(47)41-21-11-5-12-22-41/h3-7,9-17,19-29,31-35,40H,8,18,30H2,1-2H3/b36-27+,37-28+. The van der Waals surface area contributed by atoms with Crippen molar-refractivity contribution in [2.45, 2.75) is 39.0 Å². The Labute approximate surface area is 292 Å². The minimum Gasteiger partial charge on any atom is -0.315 e. The molecule has 1 unspecified atom stereocenters. The molecule has 2 aliphatic carbocycles. The maximum Gasteiger partial charge on any atom is 0.0464 e. The second-order valence-electron chi connectivity index (χ2n) is 12.9. The van der Waals surface area contributed by atoms with Crippen LogP contribution in [-0.4, -0.2) is 0 Å². The van der Waals surface area contributed by atoms with E-state index < -0.39 is 0 Å². The van der Waals surface area contributed by atoms with Gasteiger partial charge in [0.25, 0.3) is 0 Å². The fraction of sp³-hybridized carbons (Fsp3) is 0.125. The van der Waals surface area contributed by atoms with E-state index >= 15 is 0 Å². The smallest absolute Gasteiger partial charge is 0.0464 e. The predicted octanol–water partition coefficient (Wildman–Crippen LogP) is 13.2. The largest absolute Gasteiger partial charge is 0.315 e. The highest BCUT2D eigenvalue weighted by atomic mass is 15.1. The van der Waals surface area contributed by atoms with Crippen LogP contribution in [0.4, 0.5) is 5.69 Å². The number of hydrogen-bond donors (Lipinski definition) is 0. The van der Waals surface area contributed by atoms with Crippen molar-refractivity contribution in [1.29, 1.82) is 0 Å². The second-order valence-corrected chi connectivity index (χ2v) is 12.9. The van der Waals surface area contributed by atoms with Crippen molar-refractivity contribution in [3.8, 4) is 33.4 Å². The van der Waals surface area contributed by atoms with Crippen molar-refractivity contribution in [3.05, 3.63) is 210 Å². The van der Waals surface area contributed by atoms with Gasteiger partial charge in [0.1, 0.15) is 0 Å². The van der Waals surface area contributed by atoms with E-state index in [1.807, 2.05) is 0 Å². The van der Waals surface area contributed by atoms with E-state index in [0.717, 1.165) is 24.9 Å². The first-order chi connectivity index (χ1) is 24.2. The van der Waals surface area contributed by atoms with Gasteiger partial charge in [0, 0.05) is 23.0 Å². The molecule has 0 saturated heterocycles. The predicted molar refractivity (Wildman–Crippen MR) is 210 cm³/mol. The van der Waals surface area contributed by atoms with Gasteiger partial charge in [-0.25, -0.2) is 0 Å². The van der Waals surface area contributed by atoms with Crippen LogP contribution in [0, 0.1) is 0 Å². The lowest BCUT2D eigenvalue weighted by Gasteiger charge is -2.30. The molecule has 0 aliphatic heterocycles. The molecular weight excluding hydrogens is 591 g/mol. The number of anilines is 1. The molecule has 0 amide bonds. The van der Waals surface area contributed by atoms with E-state index in [2.05, 4.69) is 201 Å². The van der Waals surface area contributed by atoms with E-state index in [9.17, 15) is 0 Å². The van der Waals surface area contributed by atoms with Gasteiger partial charge in [-0.3, -0.25) is 0 Å². The summed E-state index contributed by atoms with van der Waals surface area (Å²) in [5.74, 6) is 0.373. The fourth-order valence-electron chi connectivity index (χ4n) is 6.99. The van der Waals surface area contributed by atoms with E-state index in [4.69, 9.17) is 0 Å². The Bertz CT molecular complexity index is 2090. The van der Waals surface area contributed by atoms with Gasteiger partial charge in [0.05, 0.1) is 0 Å². The molecule has 1 atom stereocenters. The summed E-state index contributed by atoms with van der Waals surface area (Å²) in [4.78, 5) is 2.43. The van der Waals surface area contributed by atoms with Crippen LogP contribution in [-0.2, 0) is 0 Å². The first-order valence-corrected chi connectivity index (χ1v) is 17.4. The molecule has 7 rings (SSSR count). The van der Waals surface area contributed by atoms with E-state index in [-0.39, 0.29) is 0 Å². The number of hydrogen-bond acceptors (Lipinski definition) is 1. The van der Waals surface area contributed by atoms with Crippen molar-refractivity contribution >= 4 is 5.69 Å². The van der Waals surface area contributed by atoms with E-state index in [0.29, 0.717) is 5.92 Å². The van der Waals surface area contributed by atoms with Gasteiger partial charge >= 0.3 is 0 Å². The van der Waals surface area contributed by atoms with E-state index in [1.54, 1.807) is 0 Å². The zero-order chi connectivity index (χ0) is 33.4. The quantitative estimate of drug-likeness (QED) is 0.146. The third-order valence-electron chi connectivity index (χ3n) is 9.66. The molecule has 2 aliphatic rings. The van der Waals surface area contributed by atoms with Gasteiger partial charge in [0.15, 0.2) is 0 Å². The zero-order valence-electron chi connectivity index (χ0n) is 28.5. The lowest BCUT2D eigenvalue weighted by Crippen LogP contribution is -2.21. The molecule has 240 valence electrons. The van der Waals surface area contributed by atoms with Crippen LogP contribution >= 0.6 is 0 Å². The van der Waals surface area contributed by atoms with Crippen LogP contribution in [0.2, 0.25) is 0 Å². The average Bonchev–Trinajstić information content (AvgIpc) is 3.18. The molecule has 5 aromatic carbocycles. The molecule has 1 nitrogen and oxygen atoms in total. The van der Waals surface area contributed by atoms with Crippen molar-refractivity contribution in [3.63, 3.8) is 0 Å². The second kappa shape index (κ2) is 15.0. The normalized spacial score (nSPS) is 16.2. The van der Waals surface area contributed by atoms with Crippen LogP contribution < -0.4 is 4.90 Å². The molecule has 0 radical (unpaired) electrons. The zero-order valence-corrected chi connectivity index (χ0v) is 28.5. The third-order valence-corrected chi connectivity index (χ3v) is 9.66. The van der Waals surface area contributed by atoms with Gasteiger partial charge in [-0.2, -0.15) is 0 Å². The van der Waals surface area contributed by atoms with Crippen LogP contribution in [0.1, 0.15) is 44.6 Å². The maximum absolute atomic E-state index is 2.43. The summed E-state index contributed by atoms with van der Waals surface area (Å²) in [6, 6.07) is 48.1. The van der Waals surface area contributed by atoms with Gasteiger partial charge in [0.2, 0.25) is 0 Å². The van der Waals surface area contributed by atoms with Crippen molar-refractivity contribution in [2.24, 2.45) is 0 Å². The molecule has 0 spiro atoms. The van der Waals surface area contributed by atoms with Crippen LogP contribution in [0.15, 0.2) is 205 Å². The average molecular weight is 634 g/mol. The molecule has 49 heavy (non-hydrogen) atoms. The Morgan fingerprint density at radius 3 is 1.92 bits per heavy atom. The van der Waals surface area contributed by atoms with Crippen LogP contribution in [0.25, 0.3) is 33.4 Å². The molecule has 0 aromatic heterocycles. The molecule has 5 aromatic rings. The minimum atomic E-state index is 0.373. The van der Waals surface area contributed by atoms with Crippen molar-refractivity contribution < 1.29 is 0 Å². The summed E-state index contributed by atoms with van der Waals surface area (Å²) >= 11 is 0. The summed E-state index contributed by atoms with van der Waals surface area (Å²) in [5.41, 5.74) is 14.9. The molecule has 0 N–H and O–H groups in total. The minimum absolute atomic E-state index is 0.373. The number of nitrogens with zero attached hydrogens (tertiary/aromatic N) is 1. The van der Waals surface area contributed by atoms with Gasteiger partial charge in [-0.1, -0.05) is 158 Å². The molecule has 0 saturated carbocycles. The Hall–Kier alpha value is -5.66. The topological polar surface area (TPSA) is 3.24 Å². The Balaban J connectivity index is 1.36. The number of rotatable bonds is 9. The first kappa shape index (κ1) is 31.9. The fourth-order valence-corrected chi connectivity index (χ4v) is 6.99. The van der Waals surface area contributed by atoms with E-state index in [1.165, 1.54) is 61.5 Å². The Morgan fingerprint density at radius 1 is 0.653 bits per heavy atom. The molecular formula is C48H43N. The van der Waals surface area contributed by atoms with Crippen LogP contribution in [0.3, 0.4) is 0 Å². The van der Waals surface area contributed by atoms with Gasteiger partial charge in [-0.05, 0) is 107 Å². The van der Waals surface area contributed by atoms with Gasteiger partial charge < -0.3 is 4.90 Å². The summed E-state index contributed by atoms with van der Waals surface area (Å²) in [5, 5.41) is 0. The highest BCUT2D eigenvalue weighted by Gasteiger charge is 2.20. The van der Waals surface area contributed by atoms with Crippen molar-refractivity contribution in [1.82, 2.24) is 0 Å². The molecule has 0 fully saturated rings. The molecule has 0 heterocycles. The summed E-state index contributed by atoms with van der Waals surface area (Å²) in [7, 11) is 0. The first-order valence-electron chi connectivity index (χ1n) is 17.4. The van der Waals surface area contributed by atoms with Crippen LogP contribution in [0.5, 0.6) is 0 Å². The lowest BCUT2D eigenvalue weighted by molar-refractivity contribution is 0.836. The van der Waals surface area contributed by atoms with Gasteiger partial charge in [-0.15, -0.1) is 0 Å². The SMILES string of the molecule is C/C(=C\C=C(/C)N(C1=CCC(c2ccccc2)C=C1)c1ccc(-c2ccccc2)c(-c2ccccc2-c2ccccc2)c1)C1=CC=CCC1. The highest BCUT2D eigenvalue weighted by Crippen LogP contribution is 2.42. The number of benzene rings is 5. The lowest BCUT2D eigenvalue weighted by atomic mass is 9.88. The summed E-state index contributed by atoms with van der Waals surface area (Å²) < 4.78 is 0. The third kappa shape index (κ3) is 7.27. The number of allylic oxidation sites excluding steroid dienone is 11. The molecule has 1 heteroatoms. The molecule has 0 bridgehead atoms. The Kier molecular flexibility index (Phi) is 9.80. The monoisotopic (exact) mass is 633 g/mol. The Morgan fingerprint density at radius 2 is 1.29 bits per heavy atom. The van der Waals surface area contributed by atoms with Crippen molar-refractivity contribution in [2.75, 3.05) is 4.90 Å².